The van der Waals surface area contributed by atoms with Crippen LogP contribution in [0.3, 0.4) is 0 Å². The van der Waals surface area contributed by atoms with E-state index in [0.29, 0.717) is 12.8 Å². The number of thioether (sulfide) groups is 1. The van der Waals surface area contributed by atoms with Gasteiger partial charge in [0.15, 0.2) is 0 Å². The fraction of sp³-hybridized carbons (Fsp3) is 0.529. The van der Waals surface area contributed by atoms with Crippen molar-refractivity contribution in [2.45, 2.75) is 24.6 Å². The SMILES string of the molecule is O=C(NCC1(OCCO)CCSCC1)C(=O)Nc1ccccc1C(F)(F)F. The van der Waals surface area contributed by atoms with Gasteiger partial charge in [0.2, 0.25) is 0 Å². The molecule has 1 heterocycles. The largest absolute Gasteiger partial charge is 0.418 e. The third-order valence-electron chi connectivity index (χ3n) is 4.16. The van der Waals surface area contributed by atoms with E-state index in [2.05, 4.69) is 5.32 Å². The van der Waals surface area contributed by atoms with Crippen molar-refractivity contribution in [2.75, 3.05) is 36.6 Å². The highest BCUT2D eigenvalue weighted by Crippen LogP contribution is 2.34. The Hall–Kier alpha value is -1.78. The first-order valence-corrected chi connectivity index (χ1v) is 9.51. The molecule has 0 aliphatic carbocycles. The van der Waals surface area contributed by atoms with E-state index < -0.39 is 34.8 Å². The Bertz CT molecular complexity index is 664. The Morgan fingerprint density at radius 3 is 2.48 bits per heavy atom. The summed E-state index contributed by atoms with van der Waals surface area (Å²) in [7, 11) is 0. The number of benzene rings is 1. The average molecular weight is 406 g/mol. The lowest BCUT2D eigenvalue weighted by atomic mass is 9.96. The minimum atomic E-state index is -4.65. The molecule has 0 atom stereocenters. The number of ether oxygens (including phenoxy) is 1. The van der Waals surface area contributed by atoms with E-state index in [9.17, 15) is 22.8 Å². The van der Waals surface area contributed by atoms with Crippen molar-refractivity contribution < 1.29 is 32.6 Å². The number of rotatable bonds is 6. The lowest BCUT2D eigenvalue weighted by Gasteiger charge is -2.36. The number of amides is 2. The Kier molecular flexibility index (Phi) is 7.51. The van der Waals surface area contributed by atoms with Crippen LogP contribution in [0.5, 0.6) is 0 Å². The monoisotopic (exact) mass is 406 g/mol. The summed E-state index contributed by atoms with van der Waals surface area (Å²) in [4.78, 5) is 24.1. The summed E-state index contributed by atoms with van der Waals surface area (Å²) in [5.41, 5.74) is -2.20. The maximum Gasteiger partial charge on any atom is 0.418 e. The Balaban J connectivity index is 1.98. The number of aliphatic hydroxyl groups is 1. The van der Waals surface area contributed by atoms with Gasteiger partial charge in [-0.3, -0.25) is 9.59 Å². The number of carbonyl (C=O) groups is 2. The first-order valence-electron chi connectivity index (χ1n) is 8.35. The number of para-hydroxylation sites is 1. The molecule has 1 fully saturated rings. The Labute approximate surface area is 158 Å². The summed E-state index contributed by atoms with van der Waals surface area (Å²) in [5, 5.41) is 13.4. The lowest BCUT2D eigenvalue weighted by molar-refractivity contribution is -0.138. The second-order valence-electron chi connectivity index (χ2n) is 6.05. The second kappa shape index (κ2) is 9.43. The van der Waals surface area contributed by atoms with Gasteiger partial charge in [0, 0.05) is 6.54 Å². The number of aliphatic hydroxyl groups excluding tert-OH is 1. The fourth-order valence-corrected chi connectivity index (χ4v) is 3.95. The third kappa shape index (κ3) is 6.12. The minimum Gasteiger partial charge on any atom is -0.394 e. The van der Waals surface area contributed by atoms with E-state index in [1.165, 1.54) is 12.1 Å². The van der Waals surface area contributed by atoms with Crippen molar-refractivity contribution in [3.63, 3.8) is 0 Å². The molecule has 0 spiro atoms. The van der Waals surface area contributed by atoms with E-state index in [0.717, 1.165) is 23.6 Å². The van der Waals surface area contributed by atoms with Crippen LogP contribution in [0.1, 0.15) is 18.4 Å². The van der Waals surface area contributed by atoms with Crippen LogP contribution in [-0.4, -0.2) is 53.8 Å². The van der Waals surface area contributed by atoms with Gasteiger partial charge in [0.05, 0.1) is 30.1 Å². The van der Waals surface area contributed by atoms with Gasteiger partial charge in [0.25, 0.3) is 0 Å². The topological polar surface area (TPSA) is 87.7 Å². The van der Waals surface area contributed by atoms with Crippen molar-refractivity contribution in [1.29, 1.82) is 0 Å². The van der Waals surface area contributed by atoms with Gasteiger partial charge in [0.1, 0.15) is 0 Å². The molecular formula is C17H21F3N2O4S. The number of anilines is 1. The number of alkyl halides is 3. The summed E-state index contributed by atoms with van der Waals surface area (Å²) in [6.45, 7) is -0.0238. The van der Waals surface area contributed by atoms with Crippen molar-refractivity contribution in [3.05, 3.63) is 29.8 Å². The minimum absolute atomic E-state index is 0.0424. The molecule has 27 heavy (non-hydrogen) atoms. The van der Waals surface area contributed by atoms with Crippen LogP contribution in [0.15, 0.2) is 24.3 Å². The van der Waals surface area contributed by atoms with Crippen LogP contribution in [0.25, 0.3) is 0 Å². The summed E-state index contributed by atoms with van der Waals surface area (Å²) in [5.74, 6) is -0.606. The molecule has 0 saturated carbocycles. The van der Waals surface area contributed by atoms with Gasteiger partial charge in [-0.15, -0.1) is 0 Å². The predicted octanol–water partition coefficient (Wildman–Crippen LogP) is 2.03. The number of carbonyl (C=O) groups excluding carboxylic acids is 2. The molecule has 0 radical (unpaired) electrons. The zero-order valence-corrected chi connectivity index (χ0v) is 15.3. The quantitative estimate of drug-likeness (QED) is 0.630. The summed E-state index contributed by atoms with van der Waals surface area (Å²) in [6.07, 6.45) is -3.38. The highest BCUT2D eigenvalue weighted by Gasteiger charge is 2.36. The number of hydrogen-bond donors (Lipinski definition) is 3. The Morgan fingerprint density at radius 1 is 1.19 bits per heavy atom. The van der Waals surface area contributed by atoms with Crippen LogP contribution in [-0.2, 0) is 20.5 Å². The highest BCUT2D eigenvalue weighted by atomic mass is 32.2. The zero-order valence-electron chi connectivity index (χ0n) is 14.5. The zero-order chi connectivity index (χ0) is 19.9. The molecule has 1 aliphatic heterocycles. The average Bonchev–Trinajstić information content (AvgIpc) is 2.65. The molecule has 0 unspecified atom stereocenters. The van der Waals surface area contributed by atoms with Gasteiger partial charge in [-0.2, -0.15) is 24.9 Å². The van der Waals surface area contributed by atoms with Crippen molar-refractivity contribution in [1.82, 2.24) is 5.32 Å². The molecule has 150 valence electrons. The molecule has 1 aliphatic rings. The molecule has 0 aromatic heterocycles. The van der Waals surface area contributed by atoms with E-state index in [1.807, 2.05) is 5.32 Å². The van der Waals surface area contributed by atoms with Crippen molar-refractivity contribution >= 4 is 29.3 Å². The van der Waals surface area contributed by atoms with Gasteiger partial charge >= 0.3 is 18.0 Å². The molecule has 1 saturated heterocycles. The molecule has 6 nitrogen and oxygen atoms in total. The lowest BCUT2D eigenvalue weighted by Crippen LogP contribution is -2.50. The highest BCUT2D eigenvalue weighted by molar-refractivity contribution is 7.99. The van der Waals surface area contributed by atoms with E-state index in [-0.39, 0.29) is 19.8 Å². The molecule has 0 bridgehead atoms. The summed E-state index contributed by atoms with van der Waals surface area (Å²) < 4.78 is 44.6. The number of nitrogens with one attached hydrogen (secondary N) is 2. The second-order valence-corrected chi connectivity index (χ2v) is 7.27. The van der Waals surface area contributed by atoms with Crippen LogP contribution in [0.4, 0.5) is 18.9 Å². The Morgan fingerprint density at radius 2 is 1.85 bits per heavy atom. The molecule has 1 aromatic carbocycles. The molecule has 1 aromatic rings. The molecule has 3 N–H and O–H groups in total. The van der Waals surface area contributed by atoms with E-state index in [4.69, 9.17) is 9.84 Å². The summed E-state index contributed by atoms with van der Waals surface area (Å²) >= 11 is 1.74. The smallest absolute Gasteiger partial charge is 0.394 e. The fourth-order valence-electron chi connectivity index (χ4n) is 2.72. The normalized spacial score (nSPS) is 16.6. The predicted molar refractivity (Wildman–Crippen MR) is 95.4 cm³/mol. The molecule has 2 amide bonds. The molecule has 2 rings (SSSR count). The van der Waals surface area contributed by atoms with E-state index in [1.54, 1.807) is 11.8 Å². The maximum atomic E-state index is 13.0. The maximum absolute atomic E-state index is 13.0. The standard InChI is InChI=1S/C17H21F3N2O4S/c18-17(19,20)12-3-1-2-4-13(12)22-15(25)14(24)21-11-16(26-8-7-23)5-9-27-10-6-16/h1-4,23H,5-11H2,(H,21,24)(H,22,25). The van der Waals surface area contributed by atoms with Crippen LogP contribution in [0.2, 0.25) is 0 Å². The summed E-state index contributed by atoms with van der Waals surface area (Å²) in [6, 6.07) is 4.44. The molecule has 10 heteroatoms. The van der Waals surface area contributed by atoms with Crippen molar-refractivity contribution in [3.8, 4) is 0 Å². The van der Waals surface area contributed by atoms with Gasteiger partial charge < -0.3 is 20.5 Å². The van der Waals surface area contributed by atoms with Crippen molar-refractivity contribution in [2.24, 2.45) is 0 Å². The van der Waals surface area contributed by atoms with Crippen LogP contribution < -0.4 is 10.6 Å². The number of hydrogen-bond acceptors (Lipinski definition) is 5. The third-order valence-corrected chi connectivity index (χ3v) is 5.15. The molecular weight excluding hydrogens is 385 g/mol. The van der Waals surface area contributed by atoms with Gasteiger partial charge in [-0.25, -0.2) is 0 Å². The first-order chi connectivity index (χ1) is 12.8. The van der Waals surface area contributed by atoms with Crippen LogP contribution in [0, 0.1) is 0 Å². The van der Waals surface area contributed by atoms with Crippen LogP contribution >= 0.6 is 11.8 Å². The first kappa shape index (κ1) is 21.5. The van der Waals surface area contributed by atoms with E-state index >= 15 is 0 Å². The van der Waals surface area contributed by atoms with Gasteiger partial charge in [-0.1, -0.05) is 12.1 Å². The van der Waals surface area contributed by atoms with Gasteiger partial charge in [-0.05, 0) is 36.5 Å². The number of halogens is 3.